The molecule has 1 amide bonds. The predicted molar refractivity (Wildman–Crippen MR) is 75.8 cm³/mol. The lowest BCUT2D eigenvalue weighted by molar-refractivity contribution is -0.890. The first kappa shape index (κ1) is 16.6. The van der Waals surface area contributed by atoms with Crippen molar-refractivity contribution in [1.82, 2.24) is 0 Å². The number of quaternary nitrogens is 1. The van der Waals surface area contributed by atoms with Gasteiger partial charge >= 0.3 is 6.36 Å². The second kappa shape index (κ2) is 7.49. The van der Waals surface area contributed by atoms with Crippen LogP contribution in [0.4, 0.5) is 18.9 Å². The van der Waals surface area contributed by atoms with Gasteiger partial charge in [-0.2, -0.15) is 0 Å². The van der Waals surface area contributed by atoms with Crippen LogP contribution in [-0.2, 0) is 4.79 Å². The van der Waals surface area contributed by atoms with Crippen LogP contribution in [0.2, 0.25) is 0 Å². The van der Waals surface area contributed by atoms with Gasteiger partial charge in [-0.15, -0.1) is 13.2 Å². The van der Waals surface area contributed by atoms with Gasteiger partial charge in [0, 0.05) is 5.69 Å². The molecule has 1 aliphatic heterocycles. The summed E-state index contributed by atoms with van der Waals surface area (Å²) in [5.74, 6) is -0.426. The van der Waals surface area contributed by atoms with Gasteiger partial charge in [0.15, 0.2) is 6.54 Å². The number of nitrogens with one attached hydrogen (secondary N) is 2. The Bertz CT molecular complexity index is 481. The molecule has 0 radical (unpaired) electrons. The molecule has 122 valence electrons. The molecule has 1 heterocycles. The van der Waals surface area contributed by atoms with Crippen molar-refractivity contribution in [2.24, 2.45) is 0 Å². The zero-order valence-electron chi connectivity index (χ0n) is 12.2. The zero-order valence-corrected chi connectivity index (χ0v) is 12.2. The Morgan fingerprint density at radius 1 is 1.09 bits per heavy atom. The average molecular weight is 317 g/mol. The molecule has 1 saturated heterocycles. The lowest BCUT2D eigenvalue weighted by Gasteiger charge is -2.16. The lowest BCUT2D eigenvalue weighted by atomic mass is 10.2. The first-order valence-electron chi connectivity index (χ1n) is 7.41. The van der Waals surface area contributed by atoms with Crippen LogP contribution in [0, 0.1) is 0 Å². The summed E-state index contributed by atoms with van der Waals surface area (Å²) in [6, 6.07) is 5.16. The summed E-state index contributed by atoms with van der Waals surface area (Å²) in [4.78, 5) is 13.2. The van der Waals surface area contributed by atoms with Crippen LogP contribution in [0.25, 0.3) is 0 Å². The topological polar surface area (TPSA) is 42.8 Å². The van der Waals surface area contributed by atoms with E-state index in [1.165, 1.54) is 42.0 Å². The summed E-state index contributed by atoms with van der Waals surface area (Å²) < 4.78 is 39.9. The summed E-state index contributed by atoms with van der Waals surface area (Å²) in [6.45, 7) is 2.37. The molecule has 2 N–H and O–H groups in total. The molecule has 22 heavy (non-hydrogen) atoms. The third kappa shape index (κ3) is 5.93. The molecule has 4 nitrogen and oxygen atoms in total. The van der Waals surface area contributed by atoms with Crippen molar-refractivity contribution in [3.05, 3.63) is 24.3 Å². The van der Waals surface area contributed by atoms with Crippen LogP contribution in [-0.4, -0.2) is 31.9 Å². The number of rotatable bonds is 4. The number of amides is 1. The molecule has 1 aliphatic rings. The Morgan fingerprint density at radius 3 is 2.23 bits per heavy atom. The minimum atomic E-state index is -4.71. The molecular weight excluding hydrogens is 297 g/mol. The van der Waals surface area contributed by atoms with Gasteiger partial charge in [-0.25, -0.2) is 0 Å². The second-order valence-electron chi connectivity index (χ2n) is 5.46. The van der Waals surface area contributed by atoms with Crippen LogP contribution < -0.4 is 15.0 Å². The molecule has 0 atom stereocenters. The zero-order chi connectivity index (χ0) is 16.0. The van der Waals surface area contributed by atoms with Gasteiger partial charge in [0.05, 0.1) is 13.1 Å². The van der Waals surface area contributed by atoms with Gasteiger partial charge in [-0.05, 0) is 49.9 Å². The van der Waals surface area contributed by atoms with E-state index in [1.807, 2.05) is 0 Å². The van der Waals surface area contributed by atoms with Crippen LogP contribution >= 0.6 is 0 Å². The van der Waals surface area contributed by atoms with E-state index in [1.54, 1.807) is 0 Å². The fraction of sp³-hybridized carbons (Fsp3) is 0.533. The van der Waals surface area contributed by atoms with Gasteiger partial charge in [0.25, 0.3) is 5.91 Å². The van der Waals surface area contributed by atoms with Gasteiger partial charge < -0.3 is 15.0 Å². The third-order valence-electron chi connectivity index (χ3n) is 3.59. The molecule has 0 aliphatic carbocycles. The Kier molecular flexibility index (Phi) is 5.65. The molecule has 1 aromatic carbocycles. The Morgan fingerprint density at radius 2 is 1.68 bits per heavy atom. The van der Waals surface area contributed by atoms with Gasteiger partial charge in [-0.3, -0.25) is 4.79 Å². The summed E-state index contributed by atoms with van der Waals surface area (Å²) in [7, 11) is 0. The van der Waals surface area contributed by atoms with Crippen LogP contribution in [0.3, 0.4) is 0 Å². The maximum absolute atomic E-state index is 12.1. The molecule has 7 heteroatoms. The van der Waals surface area contributed by atoms with Crippen LogP contribution in [0.5, 0.6) is 5.75 Å². The number of likely N-dealkylation sites (tertiary alicyclic amines) is 1. The molecule has 2 rings (SSSR count). The third-order valence-corrected chi connectivity index (χ3v) is 3.59. The normalized spacial score (nSPS) is 16.9. The van der Waals surface area contributed by atoms with Crippen molar-refractivity contribution in [2.75, 3.05) is 25.0 Å². The lowest BCUT2D eigenvalue weighted by Crippen LogP contribution is -3.12. The maximum atomic E-state index is 12.1. The van der Waals surface area contributed by atoms with E-state index in [4.69, 9.17) is 0 Å². The summed E-state index contributed by atoms with van der Waals surface area (Å²) in [5.41, 5.74) is 0.466. The summed E-state index contributed by atoms with van der Waals surface area (Å²) in [6.07, 6.45) is -0.0172. The molecular formula is C15H20F3N2O2+. The fourth-order valence-electron chi connectivity index (χ4n) is 2.58. The number of benzene rings is 1. The Balaban J connectivity index is 1.83. The maximum Gasteiger partial charge on any atom is 0.573 e. The number of halogens is 3. The van der Waals surface area contributed by atoms with Crippen molar-refractivity contribution in [3.8, 4) is 5.75 Å². The monoisotopic (exact) mass is 317 g/mol. The quantitative estimate of drug-likeness (QED) is 0.892. The van der Waals surface area contributed by atoms with Crippen LogP contribution in [0.15, 0.2) is 24.3 Å². The largest absolute Gasteiger partial charge is 0.573 e. The standard InChI is InChI=1S/C15H19F3N2O2/c16-15(17,18)22-13-7-5-12(6-8-13)19-14(21)11-20-9-3-1-2-4-10-20/h5-8H,1-4,9-11H2,(H,19,21)/p+1. The first-order chi connectivity index (χ1) is 10.4. The summed E-state index contributed by atoms with van der Waals surface area (Å²) >= 11 is 0. The van der Waals surface area contributed by atoms with Gasteiger partial charge in [0.2, 0.25) is 0 Å². The van der Waals surface area contributed by atoms with Crippen molar-refractivity contribution in [2.45, 2.75) is 32.0 Å². The van der Waals surface area contributed by atoms with E-state index in [9.17, 15) is 18.0 Å². The number of anilines is 1. The minimum Gasteiger partial charge on any atom is -0.406 e. The highest BCUT2D eigenvalue weighted by molar-refractivity contribution is 5.91. The molecule has 0 bridgehead atoms. The minimum absolute atomic E-state index is 0.124. The number of hydrogen-bond acceptors (Lipinski definition) is 2. The smallest absolute Gasteiger partial charge is 0.406 e. The molecule has 0 saturated carbocycles. The number of hydrogen-bond donors (Lipinski definition) is 2. The van der Waals surface area contributed by atoms with Crippen molar-refractivity contribution >= 4 is 11.6 Å². The van der Waals surface area contributed by atoms with Crippen molar-refractivity contribution in [1.29, 1.82) is 0 Å². The van der Waals surface area contributed by atoms with Gasteiger partial charge in [-0.1, -0.05) is 0 Å². The van der Waals surface area contributed by atoms with E-state index in [0.717, 1.165) is 25.9 Å². The fourth-order valence-corrected chi connectivity index (χ4v) is 2.58. The number of carbonyl (C=O) groups is 1. The number of ether oxygens (including phenoxy) is 1. The SMILES string of the molecule is O=C(C[NH+]1CCCCCC1)Nc1ccc(OC(F)(F)F)cc1. The molecule has 1 aromatic rings. The van der Waals surface area contributed by atoms with Crippen molar-refractivity contribution in [3.63, 3.8) is 0 Å². The molecule has 0 spiro atoms. The van der Waals surface area contributed by atoms with E-state index < -0.39 is 6.36 Å². The van der Waals surface area contributed by atoms with Crippen LogP contribution in [0.1, 0.15) is 25.7 Å². The molecule has 0 unspecified atom stereocenters. The summed E-state index contributed by atoms with van der Waals surface area (Å²) in [5, 5.41) is 2.70. The van der Waals surface area contributed by atoms with E-state index in [-0.39, 0.29) is 11.7 Å². The van der Waals surface area contributed by atoms with Gasteiger partial charge in [0.1, 0.15) is 5.75 Å². The van der Waals surface area contributed by atoms with E-state index in [0.29, 0.717) is 12.2 Å². The Hall–Kier alpha value is -1.76. The predicted octanol–water partition coefficient (Wildman–Crippen LogP) is 1.98. The number of carbonyl (C=O) groups excluding carboxylic acids is 1. The highest BCUT2D eigenvalue weighted by Gasteiger charge is 2.31. The second-order valence-corrected chi connectivity index (χ2v) is 5.46. The first-order valence-corrected chi connectivity index (χ1v) is 7.41. The Labute approximate surface area is 127 Å². The molecule has 0 aromatic heterocycles. The molecule has 1 fully saturated rings. The van der Waals surface area contributed by atoms with E-state index >= 15 is 0 Å². The highest BCUT2D eigenvalue weighted by Crippen LogP contribution is 2.23. The van der Waals surface area contributed by atoms with Crippen molar-refractivity contribution < 1.29 is 27.6 Å². The van der Waals surface area contributed by atoms with E-state index in [2.05, 4.69) is 10.1 Å². The number of alkyl halides is 3. The average Bonchev–Trinajstić information content (AvgIpc) is 2.68. The highest BCUT2D eigenvalue weighted by atomic mass is 19.4.